The predicted octanol–water partition coefficient (Wildman–Crippen LogP) is 29.6. The number of nitrogens with one attached hydrogen (secondary N) is 2. The Balaban J connectivity index is 1.05. The summed E-state index contributed by atoms with van der Waals surface area (Å²) in [7, 11) is 0. The quantitative estimate of drug-likeness (QED) is 0.0292. The molecule has 7 rings (SSSR count). The maximum atomic E-state index is 14.9. The number of carbonyl (C=O) groups is 2. The van der Waals surface area contributed by atoms with Crippen molar-refractivity contribution in [1.82, 2.24) is 9.13 Å². The van der Waals surface area contributed by atoms with Crippen LogP contribution in [0.2, 0.25) is 0 Å². The zero-order valence-electron chi connectivity index (χ0n) is 63.8. The molecule has 2 aromatic heterocycles. The lowest BCUT2D eigenvalue weighted by Crippen LogP contribution is -2.27. The van der Waals surface area contributed by atoms with Crippen molar-refractivity contribution in [2.75, 3.05) is 23.8 Å². The van der Waals surface area contributed by atoms with Gasteiger partial charge in [-0.25, -0.2) is 0 Å². The number of para-hydroxylation sites is 2. The molecule has 0 aliphatic heterocycles. The summed E-state index contributed by atoms with van der Waals surface area (Å²) in [4.78, 5) is 29.9. The highest BCUT2D eigenvalue weighted by Gasteiger charge is 2.35. The fourth-order valence-corrected chi connectivity index (χ4v) is 15.8. The van der Waals surface area contributed by atoms with Gasteiger partial charge in [0.1, 0.15) is 33.0 Å². The van der Waals surface area contributed by atoms with Crippen molar-refractivity contribution >= 4 is 89.8 Å². The first-order valence-corrected chi connectivity index (χ1v) is 42.8. The van der Waals surface area contributed by atoms with Crippen LogP contribution >= 0.6 is 23.2 Å². The molecular formula is C90H138Cl2N4O4. The smallest absolute Gasteiger partial charge is 0.224 e. The van der Waals surface area contributed by atoms with Crippen molar-refractivity contribution in [3.8, 4) is 11.5 Å². The second kappa shape index (κ2) is 50.5. The van der Waals surface area contributed by atoms with Gasteiger partial charge in [-0.1, -0.05) is 395 Å². The number of ketones is 2. The van der Waals surface area contributed by atoms with Crippen molar-refractivity contribution in [2.45, 2.75) is 375 Å². The van der Waals surface area contributed by atoms with Crippen molar-refractivity contribution in [1.29, 1.82) is 0 Å². The number of benzene rings is 4. The van der Waals surface area contributed by atoms with E-state index in [1.54, 1.807) is 0 Å². The Morgan fingerprint density at radius 3 is 0.800 bits per heavy atom. The lowest BCUT2D eigenvalue weighted by Gasteiger charge is -2.22. The lowest BCUT2D eigenvalue weighted by atomic mass is 10.0. The van der Waals surface area contributed by atoms with E-state index >= 15 is 0 Å². The van der Waals surface area contributed by atoms with Gasteiger partial charge < -0.3 is 29.2 Å². The third-order valence-corrected chi connectivity index (χ3v) is 22.3. The highest BCUT2D eigenvalue weighted by atomic mass is 35.5. The van der Waals surface area contributed by atoms with Crippen LogP contribution in [0.15, 0.2) is 94.3 Å². The number of allylic oxidation sites excluding steroid dienone is 2. The molecule has 4 aromatic carbocycles. The summed E-state index contributed by atoms with van der Waals surface area (Å²) in [5.74, 6) is 0.105. The largest absolute Gasteiger partial charge is 0.491 e. The molecule has 2 N–H and O–H groups in total. The van der Waals surface area contributed by atoms with E-state index in [9.17, 15) is 9.59 Å². The van der Waals surface area contributed by atoms with Crippen LogP contribution in [0.25, 0.3) is 43.6 Å². The normalized spacial score (nSPS) is 12.9. The number of hydrogen-bond acceptors (Lipinski definition) is 6. The van der Waals surface area contributed by atoms with Gasteiger partial charge in [-0.05, 0) is 49.9 Å². The molecular weight excluding hydrogens is 1270 g/mol. The summed E-state index contributed by atoms with van der Waals surface area (Å²) in [5.41, 5.74) is 5.54. The summed E-state index contributed by atoms with van der Waals surface area (Å²) in [6.45, 7) is 12.0. The van der Waals surface area contributed by atoms with E-state index in [-0.39, 0.29) is 21.5 Å². The number of Topliss-reactive ketones (excluding diaryl/α,β-unsaturated/α-hetero) is 2. The van der Waals surface area contributed by atoms with Gasteiger partial charge in [0.05, 0.1) is 35.6 Å². The number of fused-ring (bicyclic) bond motifs is 6. The van der Waals surface area contributed by atoms with Crippen LogP contribution in [0.4, 0.5) is 11.4 Å². The second-order valence-corrected chi connectivity index (χ2v) is 30.8. The van der Waals surface area contributed by atoms with Gasteiger partial charge in [0, 0.05) is 57.8 Å². The number of anilines is 2. The molecule has 6 aromatic rings. The SMILES string of the molecule is CCCCCCCCCCCCCCCCCCn1c2ccccc2c2cc(NC3=C(Cl)C(=O)C(Nc4cc5c6ccccc6n(CCCCCCCCCCCCCCCCCC)c5cc4OCCCCCCCCCCCC)=C(Cl)C3=O)c(OCCCCCCCCCCCC)cc21. The Morgan fingerprint density at radius 1 is 0.290 bits per heavy atom. The number of ether oxygens (including phenoxy) is 2. The second-order valence-electron chi connectivity index (χ2n) is 30.0. The summed E-state index contributed by atoms with van der Waals surface area (Å²) in [5, 5.41) is 10.7. The van der Waals surface area contributed by atoms with Crippen LogP contribution in [-0.4, -0.2) is 33.9 Å². The van der Waals surface area contributed by atoms with Gasteiger partial charge in [-0.2, -0.15) is 0 Å². The fraction of sp³-hybridized carbons (Fsp3) is 0.667. The highest BCUT2D eigenvalue weighted by molar-refractivity contribution is 6.56. The van der Waals surface area contributed by atoms with Crippen LogP contribution in [0.3, 0.4) is 0 Å². The first-order chi connectivity index (χ1) is 49.3. The van der Waals surface area contributed by atoms with Gasteiger partial charge in [0.2, 0.25) is 11.6 Å². The van der Waals surface area contributed by atoms with E-state index < -0.39 is 11.6 Å². The van der Waals surface area contributed by atoms with Gasteiger partial charge in [-0.3, -0.25) is 9.59 Å². The van der Waals surface area contributed by atoms with Gasteiger partial charge >= 0.3 is 0 Å². The van der Waals surface area contributed by atoms with Gasteiger partial charge in [0.25, 0.3) is 0 Å². The predicted molar refractivity (Wildman–Crippen MR) is 436 cm³/mol. The van der Waals surface area contributed by atoms with Gasteiger partial charge in [-0.15, -0.1) is 0 Å². The molecule has 0 saturated carbocycles. The number of halogens is 2. The van der Waals surface area contributed by atoms with Crippen molar-refractivity contribution in [2.24, 2.45) is 0 Å². The molecule has 1 aliphatic rings. The molecule has 0 saturated heterocycles. The molecule has 10 heteroatoms. The molecule has 0 spiro atoms. The van der Waals surface area contributed by atoms with Crippen LogP contribution in [-0.2, 0) is 22.7 Å². The third-order valence-electron chi connectivity index (χ3n) is 21.5. The lowest BCUT2D eigenvalue weighted by molar-refractivity contribution is -0.115. The van der Waals surface area contributed by atoms with E-state index in [2.05, 4.69) is 120 Å². The molecule has 100 heavy (non-hydrogen) atoms. The van der Waals surface area contributed by atoms with Crippen LogP contribution in [0, 0.1) is 0 Å². The number of aryl methyl sites for hydroxylation is 2. The highest BCUT2D eigenvalue weighted by Crippen LogP contribution is 2.43. The van der Waals surface area contributed by atoms with Crippen LogP contribution in [0.5, 0.6) is 11.5 Å². The van der Waals surface area contributed by atoms with E-state index in [1.165, 1.54) is 306 Å². The zero-order valence-corrected chi connectivity index (χ0v) is 65.3. The minimum absolute atomic E-state index is 0.0627. The molecule has 0 atom stereocenters. The molecule has 0 unspecified atom stereocenters. The first kappa shape index (κ1) is 82.4. The molecule has 1 aliphatic carbocycles. The monoisotopic (exact) mass is 1410 g/mol. The Bertz CT molecular complexity index is 3100. The van der Waals surface area contributed by atoms with Crippen molar-refractivity contribution in [3.05, 3.63) is 94.3 Å². The van der Waals surface area contributed by atoms with E-state index in [1.807, 2.05) is 0 Å². The fourth-order valence-electron chi connectivity index (χ4n) is 15.4. The number of hydrogen-bond donors (Lipinski definition) is 2. The van der Waals surface area contributed by atoms with E-state index in [0.717, 1.165) is 84.2 Å². The average molecular weight is 1410 g/mol. The van der Waals surface area contributed by atoms with E-state index in [4.69, 9.17) is 32.7 Å². The Kier molecular flexibility index (Phi) is 41.6. The molecule has 0 bridgehead atoms. The molecule has 556 valence electrons. The van der Waals surface area contributed by atoms with Crippen molar-refractivity contribution < 1.29 is 19.1 Å². The molecule has 0 amide bonds. The standard InChI is InChI=1S/C90H138Cl2N4O4/c1-5-9-13-17-21-25-29-31-33-35-37-39-41-45-49-57-65-95-79-63-55-53-61-73(79)75-69-77(83(71-81(75)95)99-67-59-51-47-43-27-23-19-15-11-7-3)93-87-85(91)90(98)88(86(92)89(87)97)94-78-70-76-74-62-54-56-64-80(74)96(66-58-50-46-42-40-38-36-34-32-30-26-22-18-14-10-6-2)82(76)72-84(78)100-68-60-52-48-44-28-24-20-16-12-8-4/h53-56,61-64,69-72,93-94H,5-52,57-60,65-68H2,1-4H3. The molecule has 2 heterocycles. The summed E-state index contributed by atoms with van der Waals surface area (Å²) in [6, 6.07) is 25.7. The van der Waals surface area contributed by atoms with Crippen LogP contribution < -0.4 is 20.1 Å². The molecule has 8 nitrogen and oxygen atoms in total. The minimum atomic E-state index is -0.565. The molecule has 0 radical (unpaired) electrons. The zero-order chi connectivity index (χ0) is 70.5. The Labute approximate surface area is 618 Å². The van der Waals surface area contributed by atoms with Crippen LogP contribution in [0.1, 0.15) is 362 Å². The average Bonchev–Trinajstić information content (AvgIpc) is 1.65. The third kappa shape index (κ3) is 28.3. The van der Waals surface area contributed by atoms with Gasteiger partial charge in [0.15, 0.2) is 0 Å². The first-order valence-electron chi connectivity index (χ1n) is 42.1. The minimum Gasteiger partial charge on any atom is -0.491 e. The number of unbranched alkanes of at least 4 members (excludes halogenated alkanes) is 48. The Morgan fingerprint density at radius 2 is 0.530 bits per heavy atom. The summed E-state index contributed by atoms with van der Waals surface area (Å²) >= 11 is 14.5. The van der Waals surface area contributed by atoms with E-state index in [0.29, 0.717) is 36.1 Å². The topological polar surface area (TPSA) is 86.5 Å². The molecule has 0 fully saturated rings. The summed E-state index contributed by atoms with van der Waals surface area (Å²) in [6.07, 6.45) is 67.4. The number of nitrogens with zero attached hydrogens (tertiary/aromatic N) is 2. The maximum Gasteiger partial charge on any atom is 0.224 e. The maximum absolute atomic E-state index is 14.9. The summed E-state index contributed by atoms with van der Waals surface area (Å²) < 4.78 is 18.5. The number of carbonyl (C=O) groups excluding carboxylic acids is 2. The number of rotatable bonds is 62. The number of aromatic nitrogens is 2. The van der Waals surface area contributed by atoms with Crippen molar-refractivity contribution in [3.63, 3.8) is 0 Å². The Hall–Kier alpha value is -4.92.